The number of amides is 2. The van der Waals surface area contributed by atoms with Crippen molar-refractivity contribution in [2.75, 3.05) is 0 Å². The van der Waals surface area contributed by atoms with Crippen LogP contribution in [0.25, 0.3) is 5.69 Å². The summed E-state index contributed by atoms with van der Waals surface area (Å²) in [6.07, 6.45) is 0.0821. The largest absolute Gasteiger partial charge is 0.491 e. The number of nitrogens with one attached hydrogen (secondary N) is 2. The van der Waals surface area contributed by atoms with Gasteiger partial charge in [-0.3, -0.25) is 20.4 Å². The maximum Gasteiger partial charge on any atom is 0.269 e. The lowest BCUT2D eigenvalue weighted by Crippen LogP contribution is -2.42. The van der Waals surface area contributed by atoms with Gasteiger partial charge in [-0.05, 0) is 76.2 Å². The number of halogens is 1. The van der Waals surface area contributed by atoms with Gasteiger partial charge in [-0.15, -0.1) is 0 Å². The maximum atomic E-state index is 13.2. The third-order valence-corrected chi connectivity index (χ3v) is 4.65. The van der Waals surface area contributed by atoms with Crippen molar-refractivity contribution < 1.29 is 18.7 Å². The van der Waals surface area contributed by atoms with E-state index >= 15 is 0 Å². The molecule has 1 heterocycles. The Bertz CT molecular complexity index is 1070. The summed E-state index contributed by atoms with van der Waals surface area (Å²) in [6.45, 7) is 7.48. The molecule has 0 spiro atoms. The van der Waals surface area contributed by atoms with Gasteiger partial charge in [-0.25, -0.2) is 9.07 Å². The van der Waals surface area contributed by atoms with Gasteiger partial charge in [0, 0.05) is 16.8 Å². The summed E-state index contributed by atoms with van der Waals surface area (Å²) in [5.41, 5.74) is 8.14. The Kier molecular flexibility index (Phi) is 6.69. The lowest BCUT2D eigenvalue weighted by atomic mass is 10.1. The van der Waals surface area contributed by atoms with Crippen LogP contribution >= 0.6 is 0 Å². The highest BCUT2D eigenvalue weighted by Crippen LogP contribution is 2.19. The van der Waals surface area contributed by atoms with Crippen LogP contribution in [0.4, 0.5) is 4.39 Å². The number of rotatable bonds is 6. The molecular weight excluding hydrogens is 399 g/mol. The molecule has 0 bridgehead atoms. The number of hydrogen-bond acceptors (Lipinski definition) is 4. The van der Waals surface area contributed by atoms with Crippen LogP contribution in [0.3, 0.4) is 0 Å². The Morgan fingerprint density at radius 1 is 1.03 bits per heavy atom. The first-order chi connectivity index (χ1) is 14.7. The number of benzene rings is 2. The minimum absolute atomic E-state index is 0.0401. The fourth-order valence-electron chi connectivity index (χ4n) is 3.12. The Hall–Kier alpha value is -3.68. The fraction of sp³-hybridized carbons (Fsp3) is 0.261. The van der Waals surface area contributed by atoms with Gasteiger partial charge in [0.15, 0.2) is 0 Å². The molecule has 3 aromatic rings. The van der Waals surface area contributed by atoms with E-state index in [-0.39, 0.29) is 24.2 Å². The van der Waals surface area contributed by atoms with E-state index in [1.165, 1.54) is 12.1 Å². The molecular formula is C23H25FN4O3. The molecule has 0 saturated heterocycles. The van der Waals surface area contributed by atoms with Crippen LogP contribution in [-0.4, -0.2) is 27.7 Å². The molecule has 0 fully saturated rings. The molecule has 2 amide bonds. The highest BCUT2D eigenvalue weighted by Gasteiger charge is 2.17. The molecule has 162 valence electrons. The molecule has 0 unspecified atom stereocenters. The van der Waals surface area contributed by atoms with Crippen LogP contribution in [-0.2, 0) is 11.2 Å². The van der Waals surface area contributed by atoms with E-state index in [0.29, 0.717) is 22.7 Å². The Morgan fingerprint density at radius 2 is 1.68 bits per heavy atom. The summed E-state index contributed by atoms with van der Waals surface area (Å²) >= 11 is 0. The van der Waals surface area contributed by atoms with Gasteiger partial charge in [0.1, 0.15) is 11.6 Å². The van der Waals surface area contributed by atoms with Crippen molar-refractivity contribution in [3.8, 4) is 11.4 Å². The highest BCUT2D eigenvalue weighted by molar-refractivity contribution is 5.95. The minimum Gasteiger partial charge on any atom is -0.491 e. The molecule has 0 aliphatic carbocycles. The Balaban J connectivity index is 1.61. The van der Waals surface area contributed by atoms with Crippen molar-refractivity contribution in [1.82, 2.24) is 20.6 Å². The van der Waals surface area contributed by atoms with Crippen molar-refractivity contribution in [1.29, 1.82) is 0 Å². The van der Waals surface area contributed by atoms with E-state index in [4.69, 9.17) is 4.74 Å². The van der Waals surface area contributed by atoms with E-state index in [1.54, 1.807) is 48.0 Å². The van der Waals surface area contributed by atoms with Gasteiger partial charge < -0.3 is 4.74 Å². The number of ether oxygens (including phenoxy) is 1. The summed E-state index contributed by atoms with van der Waals surface area (Å²) in [4.78, 5) is 24.7. The van der Waals surface area contributed by atoms with E-state index in [0.717, 1.165) is 11.3 Å². The molecule has 0 radical (unpaired) electrons. The molecule has 1 aromatic heterocycles. The highest BCUT2D eigenvalue weighted by atomic mass is 19.1. The SMILES string of the molecule is Cc1nn(-c2ccc(F)cc2)c(C)c1CC(=O)NNC(=O)c1ccc(OC(C)C)cc1. The molecule has 7 nitrogen and oxygen atoms in total. The third kappa shape index (κ3) is 5.48. The van der Waals surface area contributed by atoms with Crippen molar-refractivity contribution in [2.24, 2.45) is 0 Å². The molecule has 0 saturated carbocycles. The van der Waals surface area contributed by atoms with Crippen molar-refractivity contribution >= 4 is 11.8 Å². The molecule has 0 atom stereocenters. The van der Waals surface area contributed by atoms with Crippen LogP contribution in [0.5, 0.6) is 5.75 Å². The zero-order valence-electron chi connectivity index (χ0n) is 17.9. The predicted molar refractivity (Wildman–Crippen MR) is 115 cm³/mol. The van der Waals surface area contributed by atoms with Crippen LogP contribution in [0.15, 0.2) is 48.5 Å². The summed E-state index contributed by atoms with van der Waals surface area (Å²) in [6, 6.07) is 12.6. The number of carbonyl (C=O) groups is 2. The minimum atomic E-state index is -0.431. The van der Waals surface area contributed by atoms with Crippen LogP contribution in [0.1, 0.15) is 41.2 Å². The van der Waals surface area contributed by atoms with Gasteiger partial charge in [-0.1, -0.05) is 0 Å². The fourth-order valence-corrected chi connectivity index (χ4v) is 3.12. The van der Waals surface area contributed by atoms with Crippen molar-refractivity contribution in [3.05, 3.63) is 76.9 Å². The smallest absolute Gasteiger partial charge is 0.269 e. The van der Waals surface area contributed by atoms with Gasteiger partial charge in [0.25, 0.3) is 5.91 Å². The van der Waals surface area contributed by atoms with Gasteiger partial charge in [0.05, 0.1) is 23.9 Å². The summed E-state index contributed by atoms with van der Waals surface area (Å²) < 4.78 is 20.4. The van der Waals surface area contributed by atoms with Crippen LogP contribution in [0, 0.1) is 19.7 Å². The second kappa shape index (κ2) is 9.42. The summed E-state index contributed by atoms with van der Waals surface area (Å²) in [7, 11) is 0. The number of aromatic nitrogens is 2. The lowest BCUT2D eigenvalue weighted by molar-refractivity contribution is -0.121. The van der Waals surface area contributed by atoms with E-state index in [2.05, 4.69) is 16.0 Å². The van der Waals surface area contributed by atoms with Gasteiger partial charge >= 0.3 is 0 Å². The topological polar surface area (TPSA) is 85.3 Å². The number of carbonyl (C=O) groups excluding carboxylic acids is 2. The van der Waals surface area contributed by atoms with Crippen LogP contribution in [0.2, 0.25) is 0 Å². The summed E-state index contributed by atoms with van der Waals surface area (Å²) in [5.74, 6) is -0.472. The molecule has 8 heteroatoms. The van der Waals surface area contributed by atoms with E-state index < -0.39 is 5.91 Å². The monoisotopic (exact) mass is 424 g/mol. The van der Waals surface area contributed by atoms with E-state index in [9.17, 15) is 14.0 Å². The summed E-state index contributed by atoms with van der Waals surface area (Å²) in [5, 5.41) is 4.45. The lowest BCUT2D eigenvalue weighted by Gasteiger charge is -2.11. The number of aryl methyl sites for hydroxylation is 1. The van der Waals surface area contributed by atoms with Crippen molar-refractivity contribution in [3.63, 3.8) is 0 Å². The van der Waals surface area contributed by atoms with Crippen molar-refractivity contribution in [2.45, 2.75) is 40.2 Å². The number of hydrogen-bond donors (Lipinski definition) is 2. The Morgan fingerprint density at radius 3 is 2.29 bits per heavy atom. The maximum absolute atomic E-state index is 13.2. The molecule has 0 aliphatic rings. The zero-order valence-corrected chi connectivity index (χ0v) is 17.9. The normalized spacial score (nSPS) is 10.8. The van der Waals surface area contributed by atoms with Gasteiger partial charge in [-0.2, -0.15) is 5.10 Å². The quantitative estimate of drug-likeness (QED) is 0.594. The molecule has 2 N–H and O–H groups in total. The second-order valence-electron chi connectivity index (χ2n) is 7.41. The average molecular weight is 424 g/mol. The Labute approximate surface area is 180 Å². The molecule has 31 heavy (non-hydrogen) atoms. The predicted octanol–water partition coefficient (Wildman–Crippen LogP) is 3.42. The zero-order chi connectivity index (χ0) is 22.5. The first kappa shape index (κ1) is 22.0. The standard InChI is InChI=1S/C23H25FN4O3/c1-14(2)31-20-11-5-17(6-12-20)23(30)26-25-22(29)13-21-15(3)27-28(16(21)4)19-9-7-18(24)8-10-19/h5-12,14H,13H2,1-4H3,(H,25,29)(H,26,30). The molecule has 3 rings (SSSR count). The van der Waals surface area contributed by atoms with Crippen LogP contribution < -0.4 is 15.6 Å². The van der Waals surface area contributed by atoms with E-state index in [1.807, 2.05) is 20.8 Å². The first-order valence-electron chi connectivity index (χ1n) is 9.91. The van der Waals surface area contributed by atoms with Gasteiger partial charge in [0.2, 0.25) is 5.91 Å². The first-order valence-corrected chi connectivity index (χ1v) is 9.91. The number of nitrogens with zero attached hydrogens (tertiary/aromatic N) is 2. The second-order valence-corrected chi connectivity index (χ2v) is 7.41. The molecule has 0 aliphatic heterocycles. The average Bonchev–Trinajstić information content (AvgIpc) is 3.01. The molecule has 2 aromatic carbocycles. The third-order valence-electron chi connectivity index (χ3n) is 4.65. The number of hydrazine groups is 1.